The van der Waals surface area contributed by atoms with Crippen LogP contribution in [0.2, 0.25) is 0 Å². The van der Waals surface area contributed by atoms with Crippen molar-refractivity contribution in [2.75, 3.05) is 13.4 Å². The molecule has 3 aromatic rings. The molecule has 0 saturated carbocycles. The molecule has 0 aliphatic rings. The Hall–Kier alpha value is -2.73. The van der Waals surface area contributed by atoms with Crippen molar-refractivity contribution in [3.8, 4) is 11.5 Å². The number of benzene rings is 2. The van der Waals surface area contributed by atoms with Crippen LogP contribution in [0, 0.1) is 0 Å². The summed E-state index contributed by atoms with van der Waals surface area (Å²) in [7, 11) is 1.51. The van der Waals surface area contributed by atoms with Crippen molar-refractivity contribution in [1.82, 2.24) is 0 Å². The maximum absolute atomic E-state index is 12.6. The van der Waals surface area contributed by atoms with E-state index in [1.165, 1.54) is 13.2 Å². The molecule has 1 heterocycles. The van der Waals surface area contributed by atoms with Crippen molar-refractivity contribution in [3.05, 3.63) is 64.0 Å². The van der Waals surface area contributed by atoms with E-state index in [9.17, 15) is 9.59 Å². The standard InChI is InChI=1S/C21H20O5S/c1-4-5-13-10-20(22)26-19-11-14(6-8-16(13)19)25-21(23)17-9-7-15(27-3)12-18(17)24-2/h6-12H,4-5H2,1-3H3. The molecule has 0 aliphatic carbocycles. The average molecular weight is 384 g/mol. The molecule has 0 radical (unpaired) electrons. The van der Waals surface area contributed by atoms with Gasteiger partial charge in [-0.05, 0) is 48.6 Å². The fourth-order valence-corrected chi connectivity index (χ4v) is 3.31. The Labute approximate surface area is 161 Å². The third-order valence-corrected chi connectivity index (χ3v) is 4.89. The lowest BCUT2D eigenvalue weighted by molar-refractivity contribution is 0.0731. The van der Waals surface area contributed by atoms with Gasteiger partial charge in [0.25, 0.3) is 0 Å². The second-order valence-corrected chi connectivity index (χ2v) is 6.83. The summed E-state index contributed by atoms with van der Waals surface area (Å²) < 4.78 is 16.1. The molecule has 0 amide bonds. The molecule has 0 spiro atoms. The van der Waals surface area contributed by atoms with E-state index in [-0.39, 0.29) is 0 Å². The Morgan fingerprint density at radius 2 is 1.96 bits per heavy atom. The van der Waals surface area contributed by atoms with Crippen molar-refractivity contribution in [2.45, 2.75) is 24.7 Å². The number of hydrogen-bond acceptors (Lipinski definition) is 6. The number of methoxy groups -OCH3 is 1. The lowest BCUT2D eigenvalue weighted by atomic mass is 10.1. The van der Waals surface area contributed by atoms with E-state index in [1.807, 2.05) is 19.2 Å². The summed E-state index contributed by atoms with van der Waals surface area (Å²) in [6.07, 6.45) is 3.64. The summed E-state index contributed by atoms with van der Waals surface area (Å²) >= 11 is 1.56. The number of esters is 1. The number of hydrogen-bond donors (Lipinski definition) is 0. The highest BCUT2D eigenvalue weighted by Gasteiger charge is 2.16. The zero-order valence-corrected chi connectivity index (χ0v) is 16.2. The Balaban J connectivity index is 1.93. The van der Waals surface area contributed by atoms with Crippen LogP contribution >= 0.6 is 11.8 Å². The number of carbonyl (C=O) groups excluding carboxylic acids is 1. The van der Waals surface area contributed by atoms with E-state index in [1.54, 1.807) is 42.1 Å². The van der Waals surface area contributed by atoms with Crippen LogP contribution in [-0.2, 0) is 6.42 Å². The van der Waals surface area contributed by atoms with Crippen LogP contribution in [0.3, 0.4) is 0 Å². The van der Waals surface area contributed by atoms with Crippen LogP contribution in [0.1, 0.15) is 29.3 Å². The number of fused-ring (bicyclic) bond motifs is 1. The molecule has 0 aliphatic heterocycles. The van der Waals surface area contributed by atoms with Crippen LogP contribution in [0.25, 0.3) is 11.0 Å². The smallest absolute Gasteiger partial charge is 0.347 e. The highest BCUT2D eigenvalue weighted by Crippen LogP contribution is 2.28. The zero-order valence-electron chi connectivity index (χ0n) is 15.4. The van der Waals surface area contributed by atoms with Gasteiger partial charge in [-0.2, -0.15) is 0 Å². The summed E-state index contributed by atoms with van der Waals surface area (Å²) in [6, 6.07) is 11.9. The summed E-state index contributed by atoms with van der Waals surface area (Å²) in [5.41, 5.74) is 1.25. The number of aryl methyl sites for hydroxylation is 1. The van der Waals surface area contributed by atoms with Crippen LogP contribution < -0.4 is 15.1 Å². The molecular weight excluding hydrogens is 364 g/mol. The molecule has 27 heavy (non-hydrogen) atoms. The van der Waals surface area contributed by atoms with Crippen molar-refractivity contribution in [3.63, 3.8) is 0 Å². The van der Waals surface area contributed by atoms with Gasteiger partial charge in [0.05, 0.1) is 7.11 Å². The van der Waals surface area contributed by atoms with Crippen molar-refractivity contribution >= 4 is 28.7 Å². The van der Waals surface area contributed by atoms with Gasteiger partial charge in [0.1, 0.15) is 22.6 Å². The Morgan fingerprint density at radius 1 is 1.15 bits per heavy atom. The minimum Gasteiger partial charge on any atom is -0.496 e. The van der Waals surface area contributed by atoms with Gasteiger partial charge in [-0.1, -0.05) is 13.3 Å². The first-order chi connectivity index (χ1) is 13.0. The second kappa shape index (κ2) is 8.31. The van der Waals surface area contributed by atoms with Gasteiger partial charge in [0.2, 0.25) is 0 Å². The van der Waals surface area contributed by atoms with E-state index in [4.69, 9.17) is 13.9 Å². The van der Waals surface area contributed by atoms with E-state index in [0.29, 0.717) is 22.6 Å². The van der Waals surface area contributed by atoms with E-state index < -0.39 is 11.6 Å². The first-order valence-corrected chi connectivity index (χ1v) is 9.79. The molecule has 140 valence electrons. The molecule has 6 heteroatoms. The maximum atomic E-state index is 12.6. The molecule has 0 fully saturated rings. The van der Waals surface area contributed by atoms with Gasteiger partial charge in [-0.25, -0.2) is 9.59 Å². The zero-order chi connectivity index (χ0) is 19.4. The first kappa shape index (κ1) is 19.0. The topological polar surface area (TPSA) is 65.7 Å². The highest BCUT2D eigenvalue weighted by molar-refractivity contribution is 7.98. The van der Waals surface area contributed by atoms with Gasteiger partial charge < -0.3 is 13.9 Å². The first-order valence-electron chi connectivity index (χ1n) is 8.56. The molecule has 0 unspecified atom stereocenters. The largest absolute Gasteiger partial charge is 0.496 e. The SMILES string of the molecule is CCCc1cc(=O)oc2cc(OC(=O)c3ccc(SC)cc3OC)ccc12. The lowest BCUT2D eigenvalue weighted by Crippen LogP contribution is -2.10. The van der Waals surface area contributed by atoms with Crippen LogP contribution in [0.15, 0.2) is 56.6 Å². The van der Waals surface area contributed by atoms with Gasteiger partial charge in [0.15, 0.2) is 0 Å². The van der Waals surface area contributed by atoms with Gasteiger partial charge in [-0.3, -0.25) is 0 Å². The Morgan fingerprint density at radius 3 is 2.67 bits per heavy atom. The molecular formula is C21H20O5S. The Kier molecular flexibility index (Phi) is 5.86. The third-order valence-electron chi connectivity index (χ3n) is 4.16. The number of carbonyl (C=O) groups is 1. The predicted molar refractivity (Wildman–Crippen MR) is 106 cm³/mol. The normalized spacial score (nSPS) is 10.8. The van der Waals surface area contributed by atoms with Crippen LogP contribution in [-0.4, -0.2) is 19.3 Å². The van der Waals surface area contributed by atoms with Gasteiger partial charge in [-0.15, -0.1) is 11.8 Å². The molecule has 0 N–H and O–H groups in total. The average Bonchev–Trinajstić information content (AvgIpc) is 2.67. The van der Waals surface area contributed by atoms with Crippen molar-refractivity contribution in [2.24, 2.45) is 0 Å². The van der Waals surface area contributed by atoms with Crippen LogP contribution in [0.5, 0.6) is 11.5 Å². The maximum Gasteiger partial charge on any atom is 0.347 e. The minimum absolute atomic E-state index is 0.306. The monoisotopic (exact) mass is 384 g/mol. The molecule has 3 rings (SSSR count). The van der Waals surface area contributed by atoms with Crippen molar-refractivity contribution < 1.29 is 18.7 Å². The highest BCUT2D eigenvalue weighted by atomic mass is 32.2. The summed E-state index contributed by atoms with van der Waals surface area (Å²) in [4.78, 5) is 25.3. The fourth-order valence-electron chi connectivity index (χ4n) is 2.88. The molecule has 5 nitrogen and oxygen atoms in total. The van der Waals surface area contributed by atoms with E-state index in [0.717, 1.165) is 28.7 Å². The van der Waals surface area contributed by atoms with Gasteiger partial charge >= 0.3 is 11.6 Å². The number of ether oxygens (including phenoxy) is 2. The third kappa shape index (κ3) is 4.17. The fraction of sp³-hybridized carbons (Fsp3) is 0.238. The number of rotatable bonds is 6. The lowest BCUT2D eigenvalue weighted by Gasteiger charge is -2.10. The van der Waals surface area contributed by atoms with Crippen molar-refractivity contribution in [1.29, 1.82) is 0 Å². The number of thioether (sulfide) groups is 1. The van der Waals surface area contributed by atoms with E-state index >= 15 is 0 Å². The minimum atomic E-state index is -0.536. The molecule has 2 aromatic carbocycles. The van der Waals surface area contributed by atoms with Gasteiger partial charge in [0, 0.05) is 22.4 Å². The second-order valence-electron chi connectivity index (χ2n) is 5.95. The van der Waals surface area contributed by atoms with Crippen LogP contribution in [0.4, 0.5) is 0 Å². The summed E-state index contributed by atoms with van der Waals surface area (Å²) in [6.45, 7) is 2.05. The quantitative estimate of drug-likeness (QED) is 0.266. The molecule has 0 saturated heterocycles. The summed E-state index contributed by atoms with van der Waals surface area (Å²) in [5, 5.41) is 0.846. The predicted octanol–water partition coefficient (Wildman–Crippen LogP) is 4.70. The molecule has 0 bridgehead atoms. The molecule has 1 aromatic heterocycles. The summed E-state index contributed by atoms with van der Waals surface area (Å²) in [5.74, 6) is 0.218. The Bertz CT molecular complexity index is 1040. The van der Waals surface area contributed by atoms with E-state index in [2.05, 4.69) is 0 Å². The molecule has 0 atom stereocenters.